The van der Waals surface area contributed by atoms with Gasteiger partial charge < -0.3 is 9.80 Å². The van der Waals surface area contributed by atoms with E-state index in [1.165, 1.54) is 11.1 Å². The van der Waals surface area contributed by atoms with E-state index in [9.17, 15) is 0 Å². The maximum absolute atomic E-state index is 6.27. The van der Waals surface area contributed by atoms with Crippen molar-refractivity contribution in [3.63, 3.8) is 0 Å². The van der Waals surface area contributed by atoms with Crippen LogP contribution >= 0.6 is 11.6 Å². The van der Waals surface area contributed by atoms with E-state index in [-0.39, 0.29) is 0 Å². The van der Waals surface area contributed by atoms with E-state index in [2.05, 4.69) is 32.8 Å². The van der Waals surface area contributed by atoms with Crippen LogP contribution in [0.15, 0.2) is 48.9 Å². The number of hydrogen-bond acceptors (Lipinski definition) is 4. The summed E-state index contributed by atoms with van der Waals surface area (Å²) in [4.78, 5) is 13.6. The zero-order valence-corrected chi connectivity index (χ0v) is 14.4. The predicted octanol–water partition coefficient (Wildman–Crippen LogP) is 3.92. The zero-order chi connectivity index (χ0) is 16.5. The molecule has 2 aromatic heterocycles. The van der Waals surface area contributed by atoms with Crippen molar-refractivity contribution in [1.29, 1.82) is 0 Å². The van der Waals surface area contributed by atoms with Gasteiger partial charge in [0.25, 0.3) is 0 Å². The fourth-order valence-electron chi connectivity index (χ4n) is 3.35. The normalized spacial score (nSPS) is 15.1. The van der Waals surface area contributed by atoms with E-state index in [4.69, 9.17) is 11.6 Å². The molecule has 0 atom stereocenters. The highest BCUT2D eigenvalue weighted by Crippen LogP contribution is 2.29. The summed E-state index contributed by atoms with van der Waals surface area (Å²) >= 11 is 6.27. The summed E-state index contributed by atoms with van der Waals surface area (Å²) in [5.74, 6) is 1.05. The van der Waals surface area contributed by atoms with Crippen molar-refractivity contribution in [3.05, 3.63) is 59.5 Å². The Labute approximate surface area is 146 Å². The van der Waals surface area contributed by atoms with Crippen LogP contribution in [0, 0.1) is 6.92 Å². The summed E-state index contributed by atoms with van der Waals surface area (Å²) in [7, 11) is 0. The third-order valence-corrected chi connectivity index (χ3v) is 5.11. The van der Waals surface area contributed by atoms with Gasteiger partial charge in [0, 0.05) is 66.3 Å². The number of piperazine rings is 1. The Hall–Kier alpha value is -2.33. The first kappa shape index (κ1) is 15.2. The molecule has 0 aliphatic carbocycles. The molecule has 0 N–H and O–H groups in total. The number of fused-ring (bicyclic) bond motifs is 1. The molecule has 0 saturated carbocycles. The van der Waals surface area contributed by atoms with Crippen LogP contribution in [0.1, 0.15) is 5.56 Å². The Morgan fingerprint density at radius 2 is 1.75 bits per heavy atom. The summed E-state index contributed by atoms with van der Waals surface area (Å²) in [6.45, 7) is 5.90. The van der Waals surface area contributed by atoms with Crippen LogP contribution in [0.25, 0.3) is 10.8 Å². The van der Waals surface area contributed by atoms with E-state index in [0.717, 1.165) is 48.0 Å². The van der Waals surface area contributed by atoms with E-state index in [1.54, 1.807) is 0 Å². The summed E-state index contributed by atoms with van der Waals surface area (Å²) in [5.41, 5.74) is 2.39. The summed E-state index contributed by atoms with van der Waals surface area (Å²) in [6.07, 6.45) is 5.60. The zero-order valence-electron chi connectivity index (χ0n) is 13.6. The summed E-state index contributed by atoms with van der Waals surface area (Å²) < 4.78 is 0. The van der Waals surface area contributed by atoms with Gasteiger partial charge in [-0.25, -0.2) is 4.98 Å². The largest absolute Gasteiger partial charge is 0.368 e. The number of halogens is 1. The third kappa shape index (κ3) is 2.67. The lowest BCUT2D eigenvalue weighted by Crippen LogP contribution is -2.47. The van der Waals surface area contributed by atoms with Crippen molar-refractivity contribution < 1.29 is 0 Å². The lowest BCUT2D eigenvalue weighted by atomic mass is 10.1. The Balaban J connectivity index is 1.57. The number of rotatable bonds is 2. The fourth-order valence-corrected chi connectivity index (χ4v) is 3.52. The molecule has 3 aromatic rings. The molecule has 0 unspecified atom stereocenters. The fraction of sp³-hybridized carbons (Fsp3) is 0.263. The lowest BCUT2D eigenvalue weighted by Gasteiger charge is -2.37. The molecule has 0 bridgehead atoms. The first-order chi connectivity index (χ1) is 11.7. The minimum absolute atomic E-state index is 0.832. The molecule has 0 spiro atoms. The summed E-state index contributed by atoms with van der Waals surface area (Å²) in [6, 6.07) is 10.2. The minimum atomic E-state index is 0.832. The monoisotopic (exact) mass is 338 g/mol. The Morgan fingerprint density at radius 1 is 0.958 bits per heavy atom. The van der Waals surface area contributed by atoms with Gasteiger partial charge in [0.1, 0.15) is 5.82 Å². The van der Waals surface area contributed by atoms with Crippen LogP contribution in [0.3, 0.4) is 0 Å². The number of aromatic nitrogens is 2. The van der Waals surface area contributed by atoms with Crippen molar-refractivity contribution in [3.8, 4) is 0 Å². The highest BCUT2D eigenvalue weighted by molar-refractivity contribution is 6.31. The van der Waals surface area contributed by atoms with E-state index < -0.39 is 0 Å². The van der Waals surface area contributed by atoms with E-state index in [0.29, 0.717) is 0 Å². The van der Waals surface area contributed by atoms with E-state index in [1.807, 2.05) is 42.9 Å². The second-order valence-electron chi connectivity index (χ2n) is 6.09. The van der Waals surface area contributed by atoms with Crippen molar-refractivity contribution in [2.75, 3.05) is 36.0 Å². The van der Waals surface area contributed by atoms with Gasteiger partial charge in [0.05, 0.1) is 0 Å². The molecule has 3 heterocycles. The smallest absolute Gasteiger partial charge is 0.136 e. The minimum Gasteiger partial charge on any atom is -0.368 e. The van der Waals surface area contributed by atoms with Crippen LogP contribution in [-0.4, -0.2) is 36.1 Å². The average molecular weight is 339 g/mol. The number of anilines is 2. The predicted molar refractivity (Wildman–Crippen MR) is 100 cm³/mol. The first-order valence-corrected chi connectivity index (χ1v) is 8.55. The second-order valence-corrected chi connectivity index (χ2v) is 6.50. The molecule has 1 aromatic carbocycles. The molecule has 4 nitrogen and oxygen atoms in total. The first-order valence-electron chi connectivity index (χ1n) is 8.18. The van der Waals surface area contributed by atoms with Gasteiger partial charge in [-0.15, -0.1) is 0 Å². The molecule has 1 fully saturated rings. The molecule has 24 heavy (non-hydrogen) atoms. The Morgan fingerprint density at radius 3 is 2.58 bits per heavy atom. The highest BCUT2D eigenvalue weighted by atomic mass is 35.5. The number of nitrogens with zero attached hydrogens (tertiary/aromatic N) is 4. The van der Waals surface area contributed by atoms with Gasteiger partial charge in [0.15, 0.2) is 0 Å². The highest BCUT2D eigenvalue weighted by Gasteiger charge is 2.21. The molecule has 1 saturated heterocycles. The molecule has 5 heteroatoms. The molecular formula is C19H19ClN4. The van der Waals surface area contributed by atoms with Gasteiger partial charge >= 0.3 is 0 Å². The topological polar surface area (TPSA) is 32.3 Å². The Kier molecular flexibility index (Phi) is 3.98. The summed E-state index contributed by atoms with van der Waals surface area (Å²) in [5, 5.41) is 3.13. The maximum atomic E-state index is 6.27. The van der Waals surface area contributed by atoms with Gasteiger partial charge in [-0.1, -0.05) is 17.7 Å². The SMILES string of the molecule is Cc1c(Cl)cccc1N1CCN(c2nccc3cnccc23)CC1. The van der Waals surface area contributed by atoms with Gasteiger partial charge in [0.2, 0.25) is 0 Å². The molecule has 0 amide bonds. The molecule has 122 valence electrons. The van der Waals surface area contributed by atoms with Crippen LogP contribution in [0.5, 0.6) is 0 Å². The van der Waals surface area contributed by atoms with Crippen molar-refractivity contribution >= 4 is 33.9 Å². The molecule has 0 radical (unpaired) electrons. The van der Waals surface area contributed by atoms with Crippen molar-refractivity contribution in [2.24, 2.45) is 0 Å². The van der Waals surface area contributed by atoms with Crippen molar-refractivity contribution in [2.45, 2.75) is 6.92 Å². The number of hydrogen-bond donors (Lipinski definition) is 0. The average Bonchev–Trinajstić information content (AvgIpc) is 2.64. The van der Waals surface area contributed by atoms with Crippen LogP contribution in [0.4, 0.5) is 11.5 Å². The standard InChI is InChI=1S/C19H19ClN4/c1-14-17(20)3-2-4-18(14)23-9-11-24(12-10-23)19-16-6-7-21-13-15(16)5-8-22-19/h2-8,13H,9-12H2,1H3. The lowest BCUT2D eigenvalue weighted by molar-refractivity contribution is 0.648. The van der Waals surface area contributed by atoms with Gasteiger partial charge in [-0.3, -0.25) is 4.98 Å². The van der Waals surface area contributed by atoms with Crippen molar-refractivity contribution in [1.82, 2.24) is 9.97 Å². The van der Waals surface area contributed by atoms with Crippen LogP contribution in [0.2, 0.25) is 5.02 Å². The Bertz CT molecular complexity index is 867. The number of pyridine rings is 2. The van der Waals surface area contributed by atoms with Gasteiger partial charge in [-0.05, 0) is 36.8 Å². The molecular weight excluding hydrogens is 320 g/mol. The maximum Gasteiger partial charge on any atom is 0.136 e. The van der Waals surface area contributed by atoms with Crippen LogP contribution < -0.4 is 9.80 Å². The van der Waals surface area contributed by atoms with Gasteiger partial charge in [-0.2, -0.15) is 0 Å². The quantitative estimate of drug-likeness (QED) is 0.709. The van der Waals surface area contributed by atoms with E-state index >= 15 is 0 Å². The van der Waals surface area contributed by atoms with Crippen LogP contribution in [-0.2, 0) is 0 Å². The molecule has 4 rings (SSSR count). The molecule has 1 aliphatic rings. The second kappa shape index (κ2) is 6.29. The third-order valence-electron chi connectivity index (χ3n) is 4.70. The molecule has 1 aliphatic heterocycles. The number of benzene rings is 1.